The van der Waals surface area contributed by atoms with E-state index in [4.69, 9.17) is 16.3 Å². The zero-order chi connectivity index (χ0) is 19.3. The zero-order valence-corrected chi connectivity index (χ0v) is 17.6. The number of anilines is 1. The van der Waals surface area contributed by atoms with E-state index in [1.807, 2.05) is 26.0 Å². The van der Waals surface area contributed by atoms with Crippen LogP contribution < -0.4 is 15.4 Å². The van der Waals surface area contributed by atoms with Crippen LogP contribution in [0.3, 0.4) is 0 Å². The first kappa shape index (κ1) is 20.5. The van der Waals surface area contributed by atoms with Gasteiger partial charge in [-0.15, -0.1) is 0 Å². The Labute approximate surface area is 171 Å². The molecule has 0 aliphatic heterocycles. The van der Waals surface area contributed by atoms with Crippen molar-refractivity contribution >= 4 is 51.7 Å². The van der Waals surface area contributed by atoms with Gasteiger partial charge in [0.2, 0.25) is 5.91 Å². The third-order valence-corrected chi connectivity index (χ3v) is 5.04. The molecule has 0 atom stereocenters. The average Bonchev–Trinajstić information content (AvgIpc) is 2.57. The van der Waals surface area contributed by atoms with E-state index in [0.717, 1.165) is 9.13 Å². The topological polar surface area (TPSA) is 67.4 Å². The number of carbonyl (C=O) groups excluding carboxylic acids is 2. The van der Waals surface area contributed by atoms with Crippen molar-refractivity contribution < 1.29 is 14.3 Å². The van der Waals surface area contributed by atoms with Gasteiger partial charge in [-0.2, -0.15) is 0 Å². The third-order valence-electron chi connectivity index (χ3n) is 3.51. The van der Waals surface area contributed by atoms with Crippen LogP contribution in [0.15, 0.2) is 36.4 Å². The summed E-state index contributed by atoms with van der Waals surface area (Å²) < 4.78 is 6.07. The minimum absolute atomic E-state index is 0.0324. The number of benzene rings is 2. The molecular formula is C19H20ClIN2O3. The molecule has 0 spiro atoms. The lowest BCUT2D eigenvalue weighted by molar-refractivity contribution is -0.120. The molecule has 2 aromatic carbocycles. The molecule has 7 heteroatoms. The SMILES string of the molecule is COc1cc(I)c(Cl)cc1C(=O)Nc1ccc(CC(=O)NC(C)C)cc1. The maximum absolute atomic E-state index is 12.5. The van der Waals surface area contributed by atoms with Crippen molar-refractivity contribution in [1.82, 2.24) is 5.32 Å². The van der Waals surface area contributed by atoms with Crippen LogP contribution in [0.4, 0.5) is 5.69 Å². The molecule has 0 aliphatic carbocycles. The van der Waals surface area contributed by atoms with Gasteiger partial charge >= 0.3 is 0 Å². The van der Waals surface area contributed by atoms with Gasteiger partial charge in [-0.1, -0.05) is 23.7 Å². The van der Waals surface area contributed by atoms with Crippen molar-refractivity contribution in [3.8, 4) is 5.75 Å². The highest BCUT2D eigenvalue weighted by molar-refractivity contribution is 14.1. The van der Waals surface area contributed by atoms with Crippen LogP contribution in [0.2, 0.25) is 5.02 Å². The van der Waals surface area contributed by atoms with Crippen molar-refractivity contribution in [3.05, 3.63) is 56.1 Å². The van der Waals surface area contributed by atoms with Crippen molar-refractivity contribution in [2.75, 3.05) is 12.4 Å². The van der Waals surface area contributed by atoms with Crippen molar-refractivity contribution in [2.45, 2.75) is 26.3 Å². The summed E-state index contributed by atoms with van der Waals surface area (Å²) in [6.07, 6.45) is 0.299. The number of hydrogen-bond donors (Lipinski definition) is 2. The van der Waals surface area contributed by atoms with Crippen LogP contribution in [-0.2, 0) is 11.2 Å². The van der Waals surface area contributed by atoms with E-state index in [9.17, 15) is 9.59 Å². The lowest BCUT2D eigenvalue weighted by atomic mass is 10.1. The van der Waals surface area contributed by atoms with E-state index in [0.29, 0.717) is 28.4 Å². The molecule has 0 bridgehead atoms. The van der Waals surface area contributed by atoms with Crippen LogP contribution in [0.5, 0.6) is 5.75 Å². The van der Waals surface area contributed by atoms with E-state index in [1.54, 1.807) is 24.3 Å². The summed E-state index contributed by atoms with van der Waals surface area (Å²) in [7, 11) is 1.51. The number of amides is 2. The van der Waals surface area contributed by atoms with Crippen molar-refractivity contribution in [2.24, 2.45) is 0 Å². The van der Waals surface area contributed by atoms with Crippen LogP contribution in [0, 0.1) is 3.57 Å². The quantitative estimate of drug-likeness (QED) is 0.599. The Morgan fingerprint density at radius 2 is 1.85 bits per heavy atom. The highest BCUT2D eigenvalue weighted by atomic mass is 127. The maximum atomic E-state index is 12.5. The normalized spacial score (nSPS) is 10.5. The smallest absolute Gasteiger partial charge is 0.259 e. The van der Waals surface area contributed by atoms with E-state index >= 15 is 0 Å². The van der Waals surface area contributed by atoms with E-state index in [1.165, 1.54) is 7.11 Å². The van der Waals surface area contributed by atoms with Gasteiger partial charge in [0.05, 0.1) is 24.1 Å². The summed E-state index contributed by atoms with van der Waals surface area (Å²) in [6, 6.07) is 10.6. The van der Waals surface area contributed by atoms with Crippen LogP contribution in [0.1, 0.15) is 29.8 Å². The Balaban J connectivity index is 2.08. The fourth-order valence-corrected chi connectivity index (χ4v) is 2.94. The molecule has 0 unspecified atom stereocenters. The van der Waals surface area contributed by atoms with Crippen molar-refractivity contribution in [1.29, 1.82) is 0 Å². The standard InChI is InChI=1S/C19H20ClIN2O3/c1-11(2)22-18(24)8-12-4-6-13(7-5-12)23-19(25)14-9-15(20)16(21)10-17(14)26-3/h4-7,9-11H,8H2,1-3H3,(H,22,24)(H,23,25). The number of methoxy groups -OCH3 is 1. The number of rotatable bonds is 6. The Kier molecular flexibility index (Phi) is 7.28. The molecule has 2 amide bonds. The second kappa shape index (κ2) is 9.23. The number of halogens is 2. The average molecular weight is 487 g/mol. The molecule has 0 heterocycles. The summed E-state index contributed by atoms with van der Waals surface area (Å²) in [5.41, 5.74) is 1.86. The van der Waals surface area contributed by atoms with Gasteiger partial charge in [-0.05, 0) is 66.3 Å². The number of ether oxygens (including phenoxy) is 1. The van der Waals surface area contributed by atoms with E-state index in [2.05, 4.69) is 33.2 Å². The Morgan fingerprint density at radius 1 is 1.19 bits per heavy atom. The highest BCUT2D eigenvalue weighted by Gasteiger charge is 2.15. The molecule has 138 valence electrons. The fraction of sp³-hybridized carbons (Fsp3) is 0.263. The summed E-state index contributed by atoms with van der Waals surface area (Å²) in [5, 5.41) is 6.15. The fourth-order valence-electron chi connectivity index (χ4n) is 2.34. The second-order valence-electron chi connectivity index (χ2n) is 6.02. The molecule has 26 heavy (non-hydrogen) atoms. The van der Waals surface area contributed by atoms with Crippen LogP contribution >= 0.6 is 34.2 Å². The summed E-state index contributed by atoms with van der Waals surface area (Å²) in [5.74, 6) is 0.110. The Morgan fingerprint density at radius 3 is 2.42 bits per heavy atom. The molecule has 5 nitrogen and oxygen atoms in total. The molecule has 0 saturated heterocycles. The molecule has 0 aliphatic rings. The van der Waals surface area contributed by atoms with Crippen LogP contribution in [0.25, 0.3) is 0 Å². The highest BCUT2D eigenvalue weighted by Crippen LogP contribution is 2.28. The lowest BCUT2D eigenvalue weighted by Gasteiger charge is -2.12. The minimum atomic E-state index is -0.314. The van der Waals surface area contributed by atoms with Gasteiger partial charge in [0.25, 0.3) is 5.91 Å². The lowest BCUT2D eigenvalue weighted by Crippen LogP contribution is -2.31. The van der Waals surface area contributed by atoms with Gasteiger partial charge in [0.1, 0.15) is 5.75 Å². The van der Waals surface area contributed by atoms with E-state index in [-0.39, 0.29) is 17.9 Å². The molecule has 2 rings (SSSR count). The van der Waals surface area contributed by atoms with Gasteiger partial charge in [-0.3, -0.25) is 9.59 Å². The molecule has 2 aromatic rings. The second-order valence-corrected chi connectivity index (χ2v) is 7.59. The molecule has 0 saturated carbocycles. The number of hydrogen-bond acceptors (Lipinski definition) is 3. The summed E-state index contributed by atoms with van der Waals surface area (Å²) in [6.45, 7) is 3.84. The first-order valence-corrected chi connectivity index (χ1v) is 9.48. The molecule has 0 aromatic heterocycles. The predicted molar refractivity (Wildman–Crippen MR) is 112 cm³/mol. The zero-order valence-electron chi connectivity index (χ0n) is 14.7. The number of nitrogens with one attached hydrogen (secondary N) is 2. The predicted octanol–water partition coefficient (Wildman–Crippen LogP) is 4.27. The van der Waals surface area contributed by atoms with Gasteiger partial charge in [0, 0.05) is 15.3 Å². The maximum Gasteiger partial charge on any atom is 0.259 e. The van der Waals surface area contributed by atoms with Gasteiger partial charge in [-0.25, -0.2) is 0 Å². The first-order chi connectivity index (χ1) is 12.3. The Hall–Kier alpha value is -1.80. The number of carbonyl (C=O) groups is 2. The monoisotopic (exact) mass is 486 g/mol. The van der Waals surface area contributed by atoms with Crippen LogP contribution in [-0.4, -0.2) is 25.0 Å². The minimum Gasteiger partial charge on any atom is -0.496 e. The van der Waals surface area contributed by atoms with E-state index < -0.39 is 0 Å². The van der Waals surface area contributed by atoms with Gasteiger partial charge in [0.15, 0.2) is 0 Å². The largest absolute Gasteiger partial charge is 0.496 e. The Bertz CT molecular complexity index is 807. The third kappa shape index (κ3) is 5.60. The van der Waals surface area contributed by atoms with Gasteiger partial charge < -0.3 is 15.4 Å². The molecule has 2 N–H and O–H groups in total. The molecule has 0 fully saturated rings. The molecular weight excluding hydrogens is 467 g/mol. The summed E-state index contributed by atoms with van der Waals surface area (Å²) in [4.78, 5) is 24.3. The van der Waals surface area contributed by atoms with Crippen molar-refractivity contribution in [3.63, 3.8) is 0 Å². The molecule has 0 radical (unpaired) electrons. The first-order valence-electron chi connectivity index (χ1n) is 8.03. The summed E-state index contributed by atoms with van der Waals surface area (Å²) >= 11 is 8.19.